The number of benzene rings is 8. The van der Waals surface area contributed by atoms with Gasteiger partial charge in [0.25, 0.3) is 0 Å². The lowest BCUT2D eigenvalue weighted by Crippen LogP contribution is -2.13. The molecule has 0 aromatic heterocycles. The summed E-state index contributed by atoms with van der Waals surface area (Å²) in [6, 6.07) is 47.5. The summed E-state index contributed by atoms with van der Waals surface area (Å²) >= 11 is 0. The first-order chi connectivity index (χ1) is 39.8. The molecule has 0 aliphatic heterocycles. The molecule has 0 bridgehead atoms. The fourth-order valence-corrected chi connectivity index (χ4v) is 9.54. The molecule has 8 aromatic rings. The Bertz CT molecular complexity index is 3400. The molecule has 1 atom stereocenters. The molecule has 0 spiro atoms. The van der Waals surface area contributed by atoms with E-state index in [1.165, 1.54) is 103 Å². The largest absolute Gasteiger partial charge is 0.493 e. The Morgan fingerprint density at radius 2 is 0.756 bits per heavy atom. The number of methoxy groups -OCH3 is 1. The minimum Gasteiger partial charge on any atom is -0.493 e. The SMILES string of the molecule is CCCc1ccc(CCC(=O)Oc2ccc(C(=O)Oc3ccc(C(=O)Oc4ccc5c(c4)C(C)c4cc(OC(=O)c6ccc(OC(=O)c7ccc(OC(=O)CCc8ccc(CCC)cc8)c(OC)c7)cc6)ccc4-5)cc3)cc2CO)cc1. The van der Waals surface area contributed by atoms with Gasteiger partial charge in [0, 0.05) is 24.3 Å². The van der Waals surface area contributed by atoms with Crippen LogP contribution in [0.5, 0.6) is 40.2 Å². The molecule has 9 rings (SSSR count). The van der Waals surface area contributed by atoms with Crippen LogP contribution in [0.2, 0.25) is 0 Å². The Labute approximate surface area is 475 Å². The fraction of sp³-hybridized carbons (Fsp3) is 0.206. The monoisotopic (exact) mass is 1100 g/mol. The molecular formula is C68H60O14. The van der Waals surface area contributed by atoms with E-state index in [0.717, 1.165) is 59.1 Å². The number of aliphatic hydroxyl groups excluding tert-OH is 1. The first-order valence-corrected chi connectivity index (χ1v) is 27.1. The maximum atomic E-state index is 13.3. The highest BCUT2D eigenvalue weighted by molar-refractivity contribution is 5.95. The van der Waals surface area contributed by atoms with Gasteiger partial charge in [-0.1, -0.05) is 94.3 Å². The molecule has 0 heterocycles. The van der Waals surface area contributed by atoms with E-state index in [2.05, 4.69) is 38.1 Å². The van der Waals surface area contributed by atoms with Crippen molar-refractivity contribution in [2.75, 3.05) is 7.11 Å². The van der Waals surface area contributed by atoms with Crippen LogP contribution in [0.25, 0.3) is 11.1 Å². The Hall–Kier alpha value is -9.66. The summed E-state index contributed by atoms with van der Waals surface area (Å²) in [6.07, 6.45) is 5.43. The molecule has 1 aliphatic carbocycles. The van der Waals surface area contributed by atoms with Crippen LogP contribution in [0.1, 0.15) is 133 Å². The van der Waals surface area contributed by atoms with Gasteiger partial charge in [-0.3, -0.25) is 9.59 Å². The summed E-state index contributed by atoms with van der Waals surface area (Å²) < 4.78 is 39.2. The smallest absolute Gasteiger partial charge is 0.343 e. The van der Waals surface area contributed by atoms with Crippen molar-refractivity contribution in [2.24, 2.45) is 0 Å². The van der Waals surface area contributed by atoms with E-state index in [-0.39, 0.29) is 75.3 Å². The van der Waals surface area contributed by atoms with Crippen LogP contribution in [-0.2, 0) is 41.9 Å². The predicted molar refractivity (Wildman–Crippen MR) is 306 cm³/mol. The lowest BCUT2D eigenvalue weighted by molar-refractivity contribution is -0.135. The molecular weight excluding hydrogens is 1040 g/mol. The van der Waals surface area contributed by atoms with Crippen molar-refractivity contribution in [3.8, 4) is 51.4 Å². The minimum absolute atomic E-state index is 0.121. The second kappa shape index (κ2) is 26.5. The van der Waals surface area contributed by atoms with Gasteiger partial charge < -0.3 is 38.3 Å². The predicted octanol–water partition coefficient (Wildman–Crippen LogP) is 13.2. The van der Waals surface area contributed by atoms with E-state index >= 15 is 0 Å². The normalized spacial score (nSPS) is 12.1. The van der Waals surface area contributed by atoms with Crippen LogP contribution in [0.15, 0.2) is 170 Å². The number of aliphatic hydroxyl groups is 1. The number of hydrogen-bond acceptors (Lipinski definition) is 14. The summed E-state index contributed by atoms with van der Waals surface area (Å²) in [5.74, 6) is -2.25. The summed E-state index contributed by atoms with van der Waals surface area (Å²) in [5.41, 5.74) is 9.17. The Morgan fingerprint density at radius 1 is 0.390 bits per heavy atom. The Morgan fingerprint density at radius 3 is 1.18 bits per heavy atom. The van der Waals surface area contributed by atoms with Crippen LogP contribution in [-0.4, -0.2) is 48.0 Å². The van der Waals surface area contributed by atoms with Crippen molar-refractivity contribution in [3.63, 3.8) is 0 Å². The summed E-state index contributed by atoms with van der Waals surface area (Å²) in [7, 11) is 1.41. The van der Waals surface area contributed by atoms with Gasteiger partial charge in [-0.05, 0) is 179 Å². The number of rotatable bonds is 22. The Balaban J connectivity index is 0.737. The molecule has 0 saturated carbocycles. The van der Waals surface area contributed by atoms with Crippen molar-refractivity contribution < 1.29 is 67.0 Å². The molecule has 14 heteroatoms. The van der Waals surface area contributed by atoms with Crippen LogP contribution >= 0.6 is 0 Å². The van der Waals surface area contributed by atoms with Crippen molar-refractivity contribution in [2.45, 2.75) is 84.7 Å². The van der Waals surface area contributed by atoms with Gasteiger partial charge in [0.05, 0.1) is 36.0 Å². The van der Waals surface area contributed by atoms with Crippen molar-refractivity contribution in [3.05, 3.63) is 231 Å². The second-order valence-electron chi connectivity index (χ2n) is 19.8. The molecule has 1 unspecified atom stereocenters. The number of carbonyl (C=O) groups excluding carboxylic acids is 6. The molecule has 416 valence electrons. The van der Waals surface area contributed by atoms with Gasteiger partial charge in [-0.15, -0.1) is 0 Å². The van der Waals surface area contributed by atoms with E-state index in [1.807, 2.05) is 43.3 Å². The minimum atomic E-state index is -0.721. The highest BCUT2D eigenvalue weighted by Gasteiger charge is 2.28. The number of fused-ring (bicyclic) bond motifs is 3. The van der Waals surface area contributed by atoms with Crippen molar-refractivity contribution in [1.82, 2.24) is 0 Å². The molecule has 8 aromatic carbocycles. The highest BCUT2D eigenvalue weighted by atomic mass is 16.6. The molecule has 0 amide bonds. The number of hydrogen-bond donors (Lipinski definition) is 1. The molecule has 1 aliphatic rings. The summed E-state index contributed by atoms with van der Waals surface area (Å²) in [4.78, 5) is 78.3. The van der Waals surface area contributed by atoms with Gasteiger partial charge in [-0.25, -0.2) is 19.2 Å². The first kappa shape index (κ1) is 57.0. The molecule has 82 heavy (non-hydrogen) atoms. The van der Waals surface area contributed by atoms with Crippen LogP contribution in [0, 0.1) is 0 Å². The number of esters is 6. The molecule has 0 saturated heterocycles. The van der Waals surface area contributed by atoms with Gasteiger partial charge in [-0.2, -0.15) is 0 Å². The van der Waals surface area contributed by atoms with E-state index in [1.54, 1.807) is 24.3 Å². The Kier molecular flexibility index (Phi) is 18.5. The number of ether oxygens (including phenoxy) is 7. The number of carbonyl (C=O) groups is 6. The zero-order valence-corrected chi connectivity index (χ0v) is 45.9. The van der Waals surface area contributed by atoms with Crippen molar-refractivity contribution >= 4 is 35.8 Å². The third-order valence-electron chi connectivity index (χ3n) is 14.0. The van der Waals surface area contributed by atoms with E-state index in [9.17, 15) is 33.9 Å². The van der Waals surface area contributed by atoms with Gasteiger partial charge >= 0.3 is 35.8 Å². The molecule has 14 nitrogen and oxygen atoms in total. The molecule has 1 N–H and O–H groups in total. The standard InChI is InChI=1S/C68H60O14/c1-5-7-43-9-13-45(14-10-43)17-35-63(70)81-60-33-23-49(37-51(60)41-69)67(74)77-52-25-19-47(20-26-52)65(72)79-54-29-31-56-57-32-30-55(40-59(57)42(3)58(56)39-54)80-66(73)48-21-27-53(28-22-48)78-68(75)50-24-34-61(62(38-50)76-4)82-64(71)36-18-46-15-11-44(8-6-2)12-16-46/h9-16,19-34,37-40,42,69H,5-8,17-18,35-36,41H2,1-4H3. The fourth-order valence-electron chi connectivity index (χ4n) is 9.54. The topological polar surface area (TPSA) is 187 Å². The van der Waals surface area contributed by atoms with Crippen LogP contribution in [0.4, 0.5) is 0 Å². The molecule has 0 radical (unpaired) electrons. The van der Waals surface area contributed by atoms with Crippen LogP contribution < -0.4 is 33.2 Å². The second-order valence-corrected chi connectivity index (χ2v) is 19.8. The summed E-state index contributed by atoms with van der Waals surface area (Å²) in [6.45, 7) is 5.78. The highest BCUT2D eigenvalue weighted by Crippen LogP contribution is 2.47. The van der Waals surface area contributed by atoms with Crippen molar-refractivity contribution in [1.29, 1.82) is 0 Å². The molecule has 0 fully saturated rings. The summed E-state index contributed by atoms with van der Waals surface area (Å²) in [5, 5.41) is 10.0. The van der Waals surface area contributed by atoms with E-state index < -0.39 is 42.4 Å². The average molecular weight is 1100 g/mol. The van der Waals surface area contributed by atoms with Gasteiger partial charge in [0.2, 0.25) is 0 Å². The lowest BCUT2D eigenvalue weighted by Gasteiger charge is -2.12. The quantitative estimate of drug-likeness (QED) is 0.0499. The average Bonchev–Trinajstić information content (AvgIpc) is 4.01. The zero-order valence-electron chi connectivity index (χ0n) is 45.9. The lowest BCUT2D eigenvalue weighted by atomic mass is 9.99. The maximum Gasteiger partial charge on any atom is 0.343 e. The van der Waals surface area contributed by atoms with E-state index in [4.69, 9.17) is 33.2 Å². The third-order valence-corrected chi connectivity index (χ3v) is 14.0. The maximum absolute atomic E-state index is 13.3. The zero-order chi connectivity index (χ0) is 57.7. The van der Waals surface area contributed by atoms with E-state index in [0.29, 0.717) is 24.3 Å². The van der Waals surface area contributed by atoms with Gasteiger partial charge in [0.15, 0.2) is 11.5 Å². The first-order valence-electron chi connectivity index (χ1n) is 27.1. The van der Waals surface area contributed by atoms with Gasteiger partial charge in [0.1, 0.15) is 28.7 Å². The van der Waals surface area contributed by atoms with Crippen LogP contribution in [0.3, 0.4) is 0 Å². The third kappa shape index (κ3) is 14.2. The number of aryl methyl sites for hydroxylation is 4.